The van der Waals surface area contributed by atoms with Crippen molar-refractivity contribution in [3.8, 4) is 5.75 Å². The topological polar surface area (TPSA) is 67.4 Å². The molecule has 0 aliphatic heterocycles. The molecule has 0 aliphatic carbocycles. The maximum Gasteiger partial charge on any atom is 0.255 e. The first-order chi connectivity index (χ1) is 14.1. The number of amides is 2. The molecule has 0 radical (unpaired) electrons. The second-order valence-corrected chi connectivity index (χ2v) is 7.20. The second-order valence-electron chi connectivity index (χ2n) is 6.34. The monoisotopic (exact) mass is 452 g/mol. The van der Waals surface area contributed by atoms with E-state index in [-0.39, 0.29) is 11.8 Å². The Hall–Kier alpha value is -3.12. The number of halogens is 1. The van der Waals surface area contributed by atoms with Crippen molar-refractivity contribution < 1.29 is 14.3 Å². The van der Waals surface area contributed by atoms with Gasteiger partial charge in [0.25, 0.3) is 11.8 Å². The molecule has 5 nitrogen and oxygen atoms in total. The van der Waals surface area contributed by atoms with Crippen LogP contribution in [-0.2, 0) is 6.42 Å². The summed E-state index contributed by atoms with van der Waals surface area (Å²) in [6.45, 7) is 0.542. The molecule has 0 fully saturated rings. The standard InChI is InChI=1S/C23H21BrN2O3/c1-25-22(27)17-8-5-9-19(14-17)26-23(28)18-10-11-21(20(24)15-18)29-13-12-16-6-3-2-4-7-16/h2-11,14-15H,12-13H2,1H3,(H,25,27)(H,26,28). The zero-order valence-electron chi connectivity index (χ0n) is 15.9. The molecule has 0 aliphatic rings. The Morgan fingerprint density at radius 1 is 0.897 bits per heavy atom. The fraction of sp³-hybridized carbons (Fsp3) is 0.130. The predicted molar refractivity (Wildman–Crippen MR) is 118 cm³/mol. The van der Waals surface area contributed by atoms with Gasteiger partial charge in [0.05, 0.1) is 11.1 Å². The van der Waals surface area contributed by atoms with Crippen LogP contribution in [0, 0.1) is 0 Å². The molecule has 6 heteroatoms. The highest BCUT2D eigenvalue weighted by Gasteiger charge is 2.11. The lowest BCUT2D eigenvalue weighted by molar-refractivity contribution is 0.0961. The van der Waals surface area contributed by atoms with Crippen molar-refractivity contribution in [2.75, 3.05) is 19.0 Å². The van der Waals surface area contributed by atoms with Crippen LogP contribution < -0.4 is 15.4 Å². The van der Waals surface area contributed by atoms with Crippen molar-refractivity contribution in [3.63, 3.8) is 0 Å². The average Bonchev–Trinajstić information content (AvgIpc) is 2.75. The molecule has 0 bridgehead atoms. The number of nitrogens with one attached hydrogen (secondary N) is 2. The van der Waals surface area contributed by atoms with Crippen LogP contribution in [0.1, 0.15) is 26.3 Å². The van der Waals surface area contributed by atoms with Crippen LogP contribution in [0.15, 0.2) is 77.3 Å². The summed E-state index contributed by atoms with van der Waals surface area (Å²) in [5, 5.41) is 5.37. The largest absolute Gasteiger partial charge is 0.492 e. The smallest absolute Gasteiger partial charge is 0.255 e. The maximum atomic E-state index is 12.6. The number of carbonyl (C=O) groups excluding carboxylic acids is 2. The van der Waals surface area contributed by atoms with Gasteiger partial charge in [-0.15, -0.1) is 0 Å². The third-order valence-corrected chi connectivity index (χ3v) is 4.91. The zero-order valence-corrected chi connectivity index (χ0v) is 17.5. The van der Waals surface area contributed by atoms with Crippen molar-refractivity contribution in [1.29, 1.82) is 0 Å². The van der Waals surface area contributed by atoms with Crippen molar-refractivity contribution in [2.45, 2.75) is 6.42 Å². The number of hydrogen-bond donors (Lipinski definition) is 2. The highest BCUT2D eigenvalue weighted by Crippen LogP contribution is 2.26. The molecule has 0 spiro atoms. The van der Waals surface area contributed by atoms with Gasteiger partial charge in [-0.3, -0.25) is 9.59 Å². The van der Waals surface area contributed by atoms with Crippen molar-refractivity contribution >= 4 is 33.4 Å². The van der Waals surface area contributed by atoms with E-state index in [0.717, 1.165) is 6.42 Å². The lowest BCUT2D eigenvalue weighted by atomic mass is 10.1. The molecule has 0 saturated heterocycles. The lowest BCUT2D eigenvalue weighted by Gasteiger charge is -2.11. The normalized spacial score (nSPS) is 10.3. The van der Waals surface area contributed by atoms with Crippen LogP contribution in [0.2, 0.25) is 0 Å². The number of hydrogen-bond acceptors (Lipinski definition) is 3. The summed E-state index contributed by atoms with van der Waals surface area (Å²) in [5.74, 6) is 0.204. The SMILES string of the molecule is CNC(=O)c1cccc(NC(=O)c2ccc(OCCc3ccccc3)c(Br)c2)c1. The predicted octanol–water partition coefficient (Wildman–Crippen LogP) is 4.68. The first-order valence-corrected chi connectivity index (χ1v) is 9.96. The molecule has 148 valence electrons. The first kappa shape index (κ1) is 20.6. The van der Waals surface area contributed by atoms with E-state index in [2.05, 4.69) is 38.7 Å². The lowest BCUT2D eigenvalue weighted by Crippen LogP contribution is -2.18. The molecule has 0 saturated carbocycles. The number of benzene rings is 3. The van der Waals surface area contributed by atoms with E-state index in [1.165, 1.54) is 5.56 Å². The van der Waals surface area contributed by atoms with Gasteiger partial charge in [-0.05, 0) is 57.9 Å². The van der Waals surface area contributed by atoms with Crippen molar-refractivity contribution in [1.82, 2.24) is 5.32 Å². The average molecular weight is 453 g/mol. The van der Waals surface area contributed by atoms with Crippen LogP contribution in [0.3, 0.4) is 0 Å². The molecule has 0 atom stereocenters. The molecule has 2 N–H and O–H groups in total. The van der Waals surface area contributed by atoms with E-state index in [4.69, 9.17) is 4.74 Å². The van der Waals surface area contributed by atoms with Gasteiger partial charge in [-0.2, -0.15) is 0 Å². The fourth-order valence-corrected chi connectivity index (χ4v) is 3.26. The number of anilines is 1. The van der Waals surface area contributed by atoms with Crippen LogP contribution in [0.4, 0.5) is 5.69 Å². The Balaban J connectivity index is 1.62. The summed E-state index contributed by atoms with van der Waals surface area (Å²) in [5.41, 5.74) is 2.72. The molecule has 0 aromatic heterocycles. The minimum atomic E-state index is -0.268. The highest BCUT2D eigenvalue weighted by molar-refractivity contribution is 9.10. The minimum Gasteiger partial charge on any atom is -0.492 e. The van der Waals surface area contributed by atoms with E-state index >= 15 is 0 Å². The third kappa shape index (κ3) is 5.68. The Morgan fingerprint density at radius 2 is 1.66 bits per heavy atom. The van der Waals surface area contributed by atoms with Gasteiger partial charge < -0.3 is 15.4 Å². The number of ether oxygens (including phenoxy) is 1. The molecule has 29 heavy (non-hydrogen) atoms. The third-order valence-electron chi connectivity index (χ3n) is 4.29. The van der Waals surface area contributed by atoms with Crippen LogP contribution in [0.5, 0.6) is 5.75 Å². The van der Waals surface area contributed by atoms with Gasteiger partial charge >= 0.3 is 0 Å². The van der Waals surface area contributed by atoms with Crippen LogP contribution in [0.25, 0.3) is 0 Å². The van der Waals surface area contributed by atoms with Gasteiger partial charge in [-0.1, -0.05) is 36.4 Å². The summed E-state index contributed by atoms with van der Waals surface area (Å²) in [6, 6.07) is 22.1. The summed E-state index contributed by atoms with van der Waals surface area (Å²) < 4.78 is 6.53. The van der Waals surface area contributed by atoms with E-state index in [1.807, 2.05) is 18.2 Å². The van der Waals surface area contributed by atoms with E-state index < -0.39 is 0 Å². The number of rotatable bonds is 7. The zero-order chi connectivity index (χ0) is 20.6. The molecule has 0 unspecified atom stereocenters. The second kappa shape index (κ2) is 9.89. The molecule has 2 amide bonds. The van der Waals surface area contributed by atoms with E-state index in [1.54, 1.807) is 49.5 Å². The van der Waals surface area contributed by atoms with Gasteiger partial charge in [0.2, 0.25) is 0 Å². The Bertz CT molecular complexity index is 1010. The van der Waals surface area contributed by atoms with Crippen molar-refractivity contribution in [2.24, 2.45) is 0 Å². The van der Waals surface area contributed by atoms with E-state index in [0.29, 0.717) is 33.6 Å². The molecule has 0 heterocycles. The summed E-state index contributed by atoms with van der Waals surface area (Å²) in [4.78, 5) is 24.3. The van der Waals surface area contributed by atoms with Crippen LogP contribution >= 0.6 is 15.9 Å². The minimum absolute atomic E-state index is 0.208. The Labute approximate surface area is 178 Å². The first-order valence-electron chi connectivity index (χ1n) is 9.16. The molecular weight excluding hydrogens is 432 g/mol. The Kier molecular flexibility index (Phi) is 7.03. The fourth-order valence-electron chi connectivity index (χ4n) is 2.77. The van der Waals surface area contributed by atoms with Crippen LogP contribution in [-0.4, -0.2) is 25.5 Å². The molecule has 3 aromatic rings. The van der Waals surface area contributed by atoms with Gasteiger partial charge in [0, 0.05) is 30.3 Å². The van der Waals surface area contributed by atoms with Gasteiger partial charge in [0.1, 0.15) is 5.75 Å². The molecular formula is C23H21BrN2O3. The summed E-state index contributed by atoms with van der Waals surface area (Å²) in [7, 11) is 1.56. The quantitative estimate of drug-likeness (QED) is 0.546. The van der Waals surface area contributed by atoms with E-state index in [9.17, 15) is 9.59 Å². The number of carbonyl (C=O) groups is 2. The molecule has 3 aromatic carbocycles. The summed E-state index contributed by atoms with van der Waals surface area (Å²) in [6.07, 6.45) is 0.803. The molecule has 3 rings (SSSR count). The van der Waals surface area contributed by atoms with Gasteiger partial charge in [0.15, 0.2) is 0 Å². The Morgan fingerprint density at radius 3 is 2.38 bits per heavy atom. The highest BCUT2D eigenvalue weighted by atomic mass is 79.9. The maximum absolute atomic E-state index is 12.6. The van der Waals surface area contributed by atoms with Gasteiger partial charge in [-0.25, -0.2) is 0 Å². The summed E-state index contributed by atoms with van der Waals surface area (Å²) >= 11 is 3.47. The van der Waals surface area contributed by atoms with Crippen molar-refractivity contribution in [3.05, 3.63) is 94.0 Å².